The predicted molar refractivity (Wildman–Crippen MR) is 87.7 cm³/mol. The first-order chi connectivity index (χ1) is 10.1. The first-order valence-corrected chi connectivity index (χ1v) is 7.49. The van der Waals surface area contributed by atoms with Gasteiger partial charge >= 0.3 is 0 Å². The van der Waals surface area contributed by atoms with E-state index in [-0.39, 0.29) is 11.9 Å². The van der Waals surface area contributed by atoms with Gasteiger partial charge in [-0.2, -0.15) is 0 Å². The Hall–Kier alpha value is -1.29. The Kier molecular flexibility index (Phi) is 5.45. The molecule has 1 atom stereocenters. The van der Waals surface area contributed by atoms with Crippen molar-refractivity contribution in [3.8, 4) is 0 Å². The van der Waals surface area contributed by atoms with E-state index in [1.165, 1.54) is 6.07 Å². The number of halogens is 3. The maximum absolute atomic E-state index is 14.1. The van der Waals surface area contributed by atoms with Gasteiger partial charge in [0.2, 0.25) is 0 Å². The molecule has 0 fully saturated rings. The van der Waals surface area contributed by atoms with Crippen molar-refractivity contribution in [2.75, 3.05) is 18.0 Å². The molecule has 21 heavy (non-hydrogen) atoms. The lowest BCUT2D eigenvalue weighted by molar-refractivity contribution is 0.588. The maximum atomic E-state index is 14.1. The second-order valence-electron chi connectivity index (χ2n) is 4.69. The second-order valence-corrected chi connectivity index (χ2v) is 5.56. The number of likely N-dealkylation sites (N-methyl/N-ethyl adjacent to an activating group) is 1. The van der Waals surface area contributed by atoms with Crippen molar-refractivity contribution in [2.45, 2.75) is 13.0 Å². The van der Waals surface area contributed by atoms with Crippen LogP contribution in [0.4, 0.5) is 10.1 Å². The Bertz CT molecular complexity index is 599. The van der Waals surface area contributed by atoms with Crippen LogP contribution in [0.25, 0.3) is 0 Å². The van der Waals surface area contributed by atoms with Gasteiger partial charge in [0.15, 0.2) is 0 Å². The number of benzene rings is 2. The standard InChI is InChI=1S/C16H17Cl2FN2/c1-2-21(15-6-4-3-5-14(15)19)16(10-20)11-7-12(17)9-13(18)8-11/h3-9,16H,2,10,20H2,1H3. The van der Waals surface area contributed by atoms with Crippen molar-refractivity contribution in [3.63, 3.8) is 0 Å². The number of hydrogen-bond donors (Lipinski definition) is 1. The molecule has 0 amide bonds. The van der Waals surface area contributed by atoms with Crippen LogP contribution < -0.4 is 10.6 Å². The lowest BCUT2D eigenvalue weighted by Crippen LogP contribution is -2.34. The molecule has 0 aromatic heterocycles. The molecule has 5 heteroatoms. The smallest absolute Gasteiger partial charge is 0.146 e. The molecule has 0 aliphatic carbocycles. The molecule has 2 aromatic carbocycles. The lowest BCUT2D eigenvalue weighted by Gasteiger charge is -2.32. The van der Waals surface area contributed by atoms with Crippen LogP contribution in [-0.4, -0.2) is 13.1 Å². The molecule has 0 saturated carbocycles. The van der Waals surface area contributed by atoms with Crippen molar-refractivity contribution < 1.29 is 4.39 Å². The molecule has 0 aliphatic heterocycles. The average Bonchev–Trinajstić information content (AvgIpc) is 2.44. The van der Waals surface area contributed by atoms with Gasteiger partial charge in [0, 0.05) is 23.1 Å². The monoisotopic (exact) mass is 326 g/mol. The van der Waals surface area contributed by atoms with Crippen molar-refractivity contribution in [3.05, 3.63) is 63.9 Å². The summed E-state index contributed by atoms with van der Waals surface area (Å²) in [4.78, 5) is 1.91. The molecule has 0 saturated heterocycles. The first-order valence-electron chi connectivity index (χ1n) is 6.74. The van der Waals surface area contributed by atoms with E-state index in [2.05, 4.69) is 0 Å². The van der Waals surface area contributed by atoms with E-state index in [9.17, 15) is 4.39 Å². The van der Waals surface area contributed by atoms with E-state index < -0.39 is 0 Å². The minimum atomic E-state index is -0.272. The van der Waals surface area contributed by atoms with Crippen molar-refractivity contribution in [2.24, 2.45) is 5.73 Å². The highest BCUT2D eigenvalue weighted by Crippen LogP contribution is 2.31. The summed E-state index contributed by atoms with van der Waals surface area (Å²) in [5.74, 6) is -0.272. The van der Waals surface area contributed by atoms with Gasteiger partial charge < -0.3 is 10.6 Å². The summed E-state index contributed by atoms with van der Waals surface area (Å²) in [7, 11) is 0. The molecule has 2 nitrogen and oxygen atoms in total. The lowest BCUT2D eigenvalue weighted by atomic mass is 10.0. The Morgan fingerprint density at radius 3 is 2.29 bits per heavy atom. The third kappa shape index (κ3) is 3.67. The van der Waals surface area contributed by atoms with E-state index in [4.69, 9.17) is 28.9 Å². The SMILES string of the molecule is CCN(c1ccccc1F)C(CN)c1cc(Cl)cc(Cl)c1. The van der Waals surface area contributed by atoms with E-state index in [0.29, 0.717) is 28.8 Å². The van der Waals surface area contributed by atoms with Gasteiger partial charge in [0.1, 0.15) is 5.82 Å². The highest BCUT2D eigenvalue weighted by molar-refractivity contribution is 6.34. The van der Waals surface area contributed by atoms with E-state index in [1.54, 1.807) is 24.3 Å². The van der Waals surface area contributed by atoms with Gasteiger partial charge in [-0.15, -0.1) is 0 Å². The van der Waals surface area contributed by atoms with E-state index in [0.717, 1.165) is 5.56 Å². The normalized spacial score (nSPS) is 12.2. The van der Waals surface area contributed by atoms with Gasteiger partial charge in [-0.1, -0.05) is 35.3 Å². The predicted octanol–water partition coefficient (Wildman–Crippen LogP) is 4.66. The third-order valence-electron chi connectivity index (χ3n) is 3.37. The molecule has 0 heterocycles. The van der Waals surface area contributed by atoms with Crippen LogP contribution in [0.1, 0.15) is 18.5 Å². The average molecular weight is 327 g/mol. The number of nitrogens with zero attached hydrogens (tertiary/aromatic N) is 1. The molecule has 2 rings (SSSR count). The highest BCUT2D eigenvalue weighted by Gasteiger charge is 2.21. The maximum Gasteiger partial charge on any atom is 0.146 e. The summed E-state index contributed by atoms with van der Waals surface area (Å²) >= 11 is 12.1. The zero-order valence-corrected chi connectivity index (χ0v) is 13.2. The Morgan fingerprint density at radius 2 is 1.76 bits per heavy atom. The fraction of sp³-hybridized carbons (Fsp3) is 0.250. The molecule has 0 bridgehead atoms. The topological polar surface area (TPSA) is 29.3 Å². The molecular weight excluding hydrogens is 310 g/mol. The number of hydrogen-bond acceptors (Lipinski definition) is 2. The molecule has 2 N–H and O–H groups in total. The van der Waals surface area contributed by atoms with Gasteiger partial charge in [-0.05, 0) is 42.8 Å². The minimum absolute atomic E-state index is 0.192. The number of anilines is 1. The molecule has 0 spiro atoms. The van der Waals surface area contributed by atoms with Crippen LogP contribution in [0.2, 0.25) is 10.0 Å². The van der Waals surface area contributed by atoms with Gasteiger partial charge in [0.05, 0.1) is 11.7 Å². The summed E-state index contributed by atoms with van der Waals surface area (Å²) in [5.41, 5.74) is 7.31. The van der Waals surface area contributed by atoms with Crippen molar-refractivity contribution in [1.82, 2.24) is 0 Å². The van der Waals surface area contributed by atoms with Crippen LogP contribution in [0, 0.1) is 5.82 Å². The highest BCUT2D eigenvalue weighted by atomic mass is 35.5. The number of rotatable bonds is 5. The molecule has 1 unspecified atom stereocenters. The summed E-state index contributed by atoms with van der Waals surface area (Å²) < 4.78 is 14.1. The largest absolute Gasteiger partial charge is 0.361 e. The zero-order chi connectivity index (χ0) is 15.4. The summed E-state index contributed by atoms with van der Waals surface area (Å²) in [5, 5.41) is 1.08. The van der Waals surface area contributed by atoms with Gasteiger partial charge in [-0.3, -0.25) is 0 Å². The number of para-hydroxylation sites is 1. The molecule has 0 aliphatic rings. The van der Waals surface area contributed by atoms with Crippen molar-refractivity contribution in [1.29, 1.82) is 0 Å². The van der Waals surface area contributed by atoms with Crippen LogP contribution in [-0.2, 0) is 0 Å². The summed E-state index contributed by atoms with van der Waals surface area (Å²) in [6.45, 7) is 2.91. The second kappa shape index (κ2) is 7.12. The van der Waals surface area contributed by atoms with Crippen molar-refractivity contribution >= 4 is 28.9 Å². The molecule has 2 aromatic rings. The van der Waals surface area contributed by atoms with Crippen LogP contribution in [0.15, 0.2) is 42.5 Å². The van der Waals surface area contributed by atoms with Gasteiger partial charge in [0.25, 0.3) is 0 Å². The summed E-state index contributed by atoms with van der Waals surface area (Å²) in [6.07, 6.45) is 0. The minimum Gasteiger partial charge on any atom is -0.361 e. The van der Waals surface area contributed by atoms with Gasteiger partial charge in [-0.25, -0.2) is 4.39 Å². The molecule has 0 radical (unpaired) electrons. The quantitative estimate of drug-likeness (QED) is 0.865. The third-order valence-corrected chi connectivity index (χ3v) is 3.81. The Labute approximate surface area is 134 Å². The molecule has 112 valence electrons. The number of nitrogens with two attached hydrogens (primary N) is 1. The van der Waals surface area contributed by atoms with E-state index in [1.807, 2.05) is 24.0 Å². The van der Waals surface area contributed by atoms with Crippen LogP contribution in [0.3, 0.4) is 0 Å². The van der Waals surface area contributed by atoms with E-state index >= 15 is 0 Å². The Balaban J connectivity index is 2.45. The fourth-order valence-corrected chi connectivity index (χ4v) is 3.00. The zero-order valence-electron chi connectivity index (χ0n) is 11.7. The fourth-order valence-electron chi connectivity index (χ4n) is 2.45. The molecular formula is C16H17Cl2FN2. The first kappa shape index (κ1) is 16.1. The van der Waals surface area contributed by atoms with Crippen LogP contribution >= 0.6 is 23.2 Å². The van der Waals surface area contributed by atoms with Crippen LogP contribution in [0.5, 0.6) is 0 Å². The Morgan fingerprint density at radius 1 is 1.14 bits per heavy atom. The summed E-state index contributed by atoms with van der Waals surface area (Å²) in [6, 6.07) is 11.8.